The van der Waals surface area contributed by atoms with Gasteiger partial charge in [0.25, 0.3) is 5.91 Å². The molecule has 11 heteroatoms. The van der Waals surface area contributed by atoms with E-state index in [2.05, 4.69) is 5.32 Å². The Morgan fingerprint density at radius 2 is 1.72 bits per heavy atom. The van der Waals surface area contributed by atoms with Crippen molar-refractivity contribution in [3.05, 3.63) is 71.1 Å². The molecule has 0 aliphatic heterocycles. The van der Waals surface area contributed by atoms with Gasteiger partial charge in [-0.2, -0.15) is 0 Å². The van der Waals surface area contributed by atoms with E-state index in [9.17, 15) is 21.6 Å². The molecule has 3 N–H and O–H groups in total. The SMILES string of the molecule is COc1ccc(S(=O)(=O)CCNC(=O)c2cccc(S(=O)(=O)c3ccc(CN)s3)c2)cc1. The number of nitrogens with one attached hydrogen (secondary N) is 1. The van der Waals surface area contributed by atoms with Crippen molar-refractivity contribution in [3.63, 3.8) is 0 Å². The van der Waals surface area contributed by atoms with Crippen LogP contribution in [0.1, 0.15) is 15.2 Å². The lowest BCUT2D eigenvalue weighted by Crippen LogP contribution is -2.29. The van der Waals surface area contributed by atoms with E-state index in [1.165, 1.54) is 49.6 Å². The maximum atomic E-state index is 12.8. The molecule has 0 aliphatic carbocycles. The number of rotatable bonds is 9. The molecule has 0 aliphatic rings. The maximum Gasteiger partial charge on any atom is 0.251 e. The van der Waals surface area contributed by atoms with Gasteiger partial charge in [0.2, 0.25) is 9.84 Å². The maximum absolute atomic E-state index is 12.8. The van der Waals surface area contributed by atoms with Gasteiger partial charge < -0.3 is 15.8 Å². The monoisotopic (exact) mass is 494 g/mol. The molecule has 8 nitrogen and oxygen atoms in total. The fourth-order valence-electron chi connectivity index (χ4n) is 2.83. The standard InChI is InChI=1S/C21H22N2O6S3/c1-29-16-5-8-18(9-6-16)31(25,26)12-11-23-21(24)15-3-2-4-19(13-15)32(27,28)20-10-7-17(14-22)30-20/h2-10,13H,11-12,14,22H2,1H3,(H,23,24). The molecule has 170 valence electrons. The Balaban J connectivity index is 1.68. The molecule has 0 saturated heterocycles. The van der Waals surface area contributed by atoms with Gasteiger partial charge in [-0.15, -0.1) is 11.3 Å². The summed E-state index contributed by atoms with van der Waals surface area (Å²) in [5, 5.41) is 2.53. The summed E-state index contributed by atoms with van der Waals surface area (Å²) in [6, 6.07) is 14.7. The highest BCUT2D eigenvalue weighted by atomic mass is 32.2. The molecule has 0 bridgehead atoms. The first-order valence-corrected chi connectivity index (χ1v) is 13.4. The first-order chi connectivity index (χ1) is 15.2. The van der Waals surface area contributed by atoms with E-state index in [0.717, 1.165) is 16.2 Å². The third-order valence-corrected chi connectivity index (χ3v) is 9.67. The summed E-state index contributed by atoms with van der Waals surface area (Å²) in [4.78, 5) is 13.3. The van der Waals surface area contributed by atoms with Crippen LogP contribution < -0.4 is 15.8 Å². The fourth-order valence-corrected chi connectivity index (χ4v) is 6.67. The second-order valence-electron chi connectivity index (χ2n) is 6.71. The highest BCUT2D eigenvalue weighted by Gasteiger charge is 2.21. The number of carbonyl (C=O) groups is 1. The van der Waals surface area contributed by atoms with Crippen LogP contribution in [0.5, 0.6) is 5.75 Å². The lowest BCUT2D eigenvalue weighted by atomic mass is 10.2. The quantitative estimate of drug-likeness (QED) is 0.466. The number of thiophene rings is 1. The summed E-state index contributed by atoms with van der Waals surface area (Å²) < 4.78 is 55.7. The zero-order chi connectivity index (χ0) is 23.4. The molecular weight excluding hydrogens is 472 g/mol. The first-order valence-electron chi connectivity index (χ1n) is 9.46. The van der Waals surface area contributed by atoms with E-state index >= 15 is 0 Å². The summed E-state index contributed by atoms with van der Waals surface area (Å²) in [5.74, 6) is -0.338. The summed E-state index contributed by atoms with van der Waals surface area (Å²) >= 11 is 1.08. The predicted molar refractivity (Wildman–Crippen MR) is 121 cm³/mol. The van der Waals surface area contributed by atoms with Gasteiger partial charge in [0, 0.05) is 23.5 Å². The molecule has 3 rings (SSSR count). The number of hydrogen-bond acceptors (Lipinski definition) is 8. The van der Waals surface area contributed by atoms with Crippen molar-refractivity contribution in [1.82, 2.24) is 5.32 Å². The second kappa shape index (κ2) is 9.82. The molecule has 3 aromatic rings. The van der Waals surface area contributed by atoms with Crippen LogP contribution in [0.4, 0.5) is 0 Å². The van der Waals surface area contributed by atoms with E-state index in [0.29, 0.717) is 5.75 Å². The average Bonchev–Trinajstić information content (AvgIpc) is 3.29. The predicted octanol–water partition coefficient (Wildman–Crippen LogP) is 2.25. The molecule has 0 radical (unpaired) electrons. The van der Waals surface area contributed by atoms with Gasteiger partial charge in [-0.3, -0.25) is 4.79 Å². The van der Waals surface area contributed by atoms with E-state index in [1.54, 1.807) is 18.2 Å². The van der Waals surface area contributed by atoms with Gasteiger partial charge in [0.1, 0.15) is 9.96 Å². The van der Waals surface area contributed by atoms with Gasteiger partial charge >= 0.3 is 0 Å². The molecule has 0 saturated carbocycles. The van der Waals surface area contributed by atoms with E-state index in [1.807, 2.05) is 0 Å². The van der Waals surface area contributed by atoms with Gasteiger partial charge in [-0.05, 0) is 54.6 Å². The molecule has 1 heterocycles. The zero-order valence-electron chi connectivity index (χ0n) is 17.1. The average molecular weight is 495 g/mol. The van der Waals surface area contributed by atoms with E-state index < -0.39 is 25.6 Å². The fraction of sp³-hybridized carbons (Fsp3) is 0.190. The zero-order valence-corrected chi connectivity index (χ0v) is 19.6. The minimum absolute atomic E-state index is 0.0265. The molecule has 1 aromatic heterocycles. The van der Waals surface area contributed by atoms with Gasteiger partial charge in [-0.25, -0.2) is 16.8 Å². The lowest BCUT2D eigenvalue weighted by molar-refractivity contribution is 0.0956. The largest absolute Gasteiger partial charge is 0.497 e. The highest BCUT2D eigenvalue weighted by Crippen LogP contribution is 2.28. The number of nitrogens with two attached hydrogens (primary N) is 1. The first kappa shape index (κ1) is 23.9. The number of carbonyl (C=O) groups excluding carboxylic acids is 1. The molecule has 32 heavy (non-hydrogen) atoms. The summed E-state index contributed by atoms with van der Waals surface area (Å²) in [5.41, 5.74) is 5.66. The van der Waals surface area contributed by atoms with Crippen LogP contribution in [0.3, 0.4) is 0 Å². The Labute approximate surface area is 190 Å². The summed E-state index contributed by atoms with van der Waals surface area (Å²) in [6.07, 6.45) is 0. The minimum atomic E-state index is -3.79. The molecule has 0 atom stereocenters. The molecular formula is C21H22N2O6S3. The van der Waals surface area contributed by atoms with Crippen molar-refractivity contribution in [2.24, 2.45) is 5.73 Å². The van der Waals surface area contributed by atoms with Crippen molar-refractivity contribution < 1.29 is 26.4 Å². The van der Waals surface area contributed by atoms with E-state index in [4.69, 9.17) is 10.5 Å². The molecule has 0 unspecified atom stereocenters. The van der Waals surface area contributed by atoms with Gasteiger partial charge in [-0.1, -0.05) is 6.07 Å². The van der Waals surface area contributed by atoms with Crippen molar-refractivity contribution >= 4 is 36.9 Å². The number of hydrogen-bond donors (Lipinski definition) is 2. The summed E-state index contributed by atoms with van der Waals surface area (Å²) in [6.45, 7) is 0.108. The van der Waals surface area contributed by atoms with Crippen LogP contribution in [0.25, 0.3) is 0 Å². The number of sulfone groups is 2. The van der Waals surface area contributed by atoms with Crippen molar-refractivity contribution in [2.45, 2.75) is 20.5 Å². The van der Waals surface area contributed by atoms with Gasteiger partial charge in [0.15, 0.2) is 9.84 Å². The number of ether oxygens (including phenoxy) is 1. The Morgan fingerprint density at radius 1 is 1.00 bits per heavy atom. The number of methoxy groups -OCH3 is 1. The van der Waals surface area contributed by atoms with Crippen molar-refractivity contribution in [1.29, 1.82) is 0 Å². The number of amides is 1. The number of benzene rings is 2. The van der Waals surface area contributed by atoms with Crippen LogP contribution >= 0.6 is 11.3 Å². The van der Waals surface area contributed by atoms with Gasteiger partial charge in [0.05, 0.1) is 22.7 Å². The molecule has 0 spiro atoms. The molecule has 2 aromatic carbocycles. The van der Waals surface area contributed by atoms with Crippen molar-refractivity contribution in [3.8, 4) is 5.75 Å². The Hall–Kier alpha value is -2.73. The van der Waals surface area contributed by atoms with Crippen molar-refractivity contribution in [2.75, 3.05) is 19.4 Å². The normalized spacial score (nSPS) is 11.8. The topological polar surface area (TPSA) is 133 Å². The highest BCUT2D eigenvalue weighted by molar-refractivity contribution is 7.93. The lowest BCUT2D eigenvalue weighted by Gasteiger charge is -2.09. The second-order valence-corrected chi connectivity index (χ2v) is 12.2. The summed E-state index contributed by atoms with van der Waals surface area (Å²) in [7, 11) is -5.92. The van der Waals surface area contributed by atoms with Crippen LogP contribution in [0.2, 0.25) is 0 Å². The Kier molecular flexibility index (Phi) is 7.34. The van der Waals surface area contributed by atoms with Crippen LogP contribution in [-0.2, 0) is 26.2 Å². The smallest absolute Gasteiger partial charge is 0.251 e. The third-order valence-electron chi connectivity index (χ3n) is 4.58. The minimum Gasteiger partial charge on any atom is -0.497 e. The Bertz CT molecular complexity index is 1310. The van der Waals surface area contributed by atoms with Crippen LogP contribution in [0.15, 0.2) is 74.7 Å². The molecule has 1 amide bonds. The van der Waals surface area contributed by atoms with Crippen LogP contribution in [-0.4, -0.2) is 42.2 Å². The third kappa shape index (κ3) is 5.36. The van der Waals surface area contributed by atoms with E-state index in [-0.39, 0.29) is 38.4 Å². The van der Waals surface area contributed by atoms with Crippen LogP contribution in [0, 0.1) is 0 Å². The Morgan fingerprint density at radius 3 is 2.34 bits per heavy atom. The molecule has 0 fully saturated rings.